The van der Waals surface area contributed by atoms with Crippen LogP contribution in [0.2, 0.25) is 0 Å². The summed E-state index contributed by atoms with van der Waals surface area (Å²) in [6.07, 6.45) is 0.422. The minimum atomic E-state index is 0.0825. The average Bonchev–Trinajstić information content (AvgIpc) is 3.08. The predicted molar refractivity (Wildman–Crippen MR) is 94.0 cm³/mol. The van der Waals surface area contributed by atoms with Crippen LogP contribution in [0.4, 0.5) is 5.13 Å². The standard InChI is InChI=1S/C17H20N4OS/c1-4-20(17-18-14-7-5-6-8-15(14)23-17)16(22)9-10-21-13(3)11-12(2)19-21/h5-8,11H,4,9-10H2,1-3H3. The molecule has 2 heterocycles. The van der Waals surface area contributed by atoms with Gasteiger partial charge in [0, 0.05) is 25.2 Å². The Kier molecular flexibility index (Phi) is 4.43. The van der Waals surface area contributed by atoms with Crippen molar-refractivity contribution >= 4 is 32.6 Å². The molecule has 2 aromatic heterocycles. The molecule has 0 aliphatic carbocycles. The lowest BCUT2D eigenvalue weighted by atomic mass is 10.3. The van der Waals surface area contributed by atoms with Crippen LogP contribution in [0.3, 0.4) is 0 Å². The Balaban J connectivity index is 1.74. The van der Waals surface area contributed by atoms with E-state index in [2.05, 4.69) is 10.1 Å². The van der Waals surface area contributed by atoms with Gasteiger partial charge in [-0.25, -0.2) is 4.98 Å². The molecular formula is C17H20N4OS. The van der Waals surface area contributed by atoms with Crippen LogP contribution in [-0.2, 0) is 11.3 Å². The van der Waals surface area contributed by atoms with Crippen LogP contribution in [0.5, 0.6) is 0 Å². The molecule has 6 heteroatoms. The molecule has 0 fully saturated rings. The van der Waals surface area contributed by atoms with Gasteiger partial charge >= 0.3 is 0 Å². The van der Waals surface area contributed by atoms with E-state index in [1.54, 1.807) is 16.2 Å². The largest absolute Gasteiger partial charge is 0.288 e. The van der Waals surface area contributed by atoms with Crippen molar-refractivity contribution in [3.05, 3.63) is 41.7 Å². The van der Waals surface area contributed by atoms with Gasteiger partial charge in [0.05, 0.1) is 15.9 Å². The van der Waals surface area contributed by atoms with Crippen LogP contribution in [-0.4, -0.2) is 27.2 Å². The molecule has 0 atom stereocenters. The second kappa shape index (κ2) is 6.50. The molecule has 1 aromatic carbocycles. The maximum absolute atomic E-state index is 12.6. The molecule has 0 aliphatic rings. The zero-order chi connectivity index (χ0) is 16.4. The summed E-state index contributed by atoms with van der Waals surface area (Å²) in [7, 11) is 0. The SMILES string of the molecule is CCN(C(=O)CCn1nc(C)cc1C)c1nc2ccccc2s1. The van der Waals surface area contributed by atoms with Crippen molar-refractivity contribution in [1.82, 2.24) is 14.8 Å². The first-order valence-electron chi connectivity index (χ1n) is 7.75. The number of para-hydroxylation sites is 1. The third-order valence-electron chi connectivity index (χ3n) is 3.77. The number of carbonyl (C=O) groups excluding carboxylic acids is 1. The van der Waals surface area contributed by atoms with E-state index in [9.17, 15) is 4.79 Å². The number of hydrogen-bond acceptors (Lipinski definition) is 4. The number of fused-ring (bicyclic) bond motifs is 1. The Morgan fingerprint density at radius 1 is 1.30 bits per heavy atom. The van der Waals surface area contributed by atoms with Gasteiger partial charge in [0.1, 0.15) is 0 Å². The summed E-state index contributed by atoms with van der Waals surface area (Å²) in [5.74, 6) is 0.0825. The number of carbonyl (C=O) groups is 1. The number of thiazole rings is 1. The number of anilines is 1. The predicted octanol–water partition coefficient (Wildman–Crippen LogP) is 3.55. The molecule has 0 saturated heterocycles. The van der Waals surface area contributed by atoms with Crippen molar-refractivity contribution in [1.29, 1.82) is 0 Å². The summed E-state index contributed by atoms with van der Waals surface area (Å²) in [6.45, 7) is 7.17. The summed E-state index contributed by atoms with van der Waals surface area (Å²) >= 11 is 1.56. The molecule has 0 aliphatic heterocycles. The second-order valence-electron chi connectivity index (χ2n) is 5.50. The highest BCUT2D eigenvalue weighted by Gasteiger charge is 2.18. The van der Waals surface area contributed by atoms with Gasteiger partial charge in [-0.1, -0.05) is 23.5 Å². The normalized spacial score (nSPS) is 11.1. The fourth-order valence-corrected chi connectivity index (χ4v) is 3.68. The van der Waals surface area contributed by atoms with Crippen LogP contribution in [0.1, 0.15) is 24.7 Å². The van der Waals surface area contributed by atoms with E-state index in [1.165, 1.54) is 0 Å². The highest BCUT2D eigenvalue weighted by Crippen LogP contribution is 2.28. The summed E-state index contributed by atoms with van der Waals surface area (Å²) in [5.41, 5.74) is 3.00. The highest BCUT2D eigenvalue weighted by molar-refractivity contribution is 7.22. The molecule has 0 spiro atoms. The number of nitrogens with zero attached hydrogens (tertiary/aromatic N) is 4. The van der Waals surface area contributed by atoms with Crippen LogP contribution in [0, 0.1) is 13.8 Å². The molecule has 3 rings (SSSR count). The Morgan fingerprint density at radius 3 is 2.74 bits per heavy atom. The van der Waals surface area contributed by atoms with E-state index < -0.39 is 0 Å². The second-order valence-corrected chi connectivity index (χ2v) is 6.51. The molecule has 0 bridgehead atoms. The van der Waals surface area contributed by atoms with E-state index >= 15 is 0 Å². The van der Waals surface area contributed by atoms with Crippen molar-refractivity contribution in [2.24, 2.45) is 0 Å². The molecular weight excluding hydrogens is 308 g/mol. The summed E-state index contributed by atoms with van der Waals surface area (Å²) in [6, 6.07) is 9.99. The van der Waals surface area contributed by atoms with Crippen LogP contribution < -0.4 is 4.90 Å². The molecule has 0 unspecified atom stereocenters. The van der Waals surface area contributed by atoms with Crippen molar-refractivity contribution in [2.75, 3.05) is 11.4 Å². The van der Waals surface area contributed by atoms with E-state index in [0.717, 1.165) is 26.7 Å². The molecule has 3 aromatic rings. The summed E-state index contributed by atoms with van der Waals surface area (Å²) in [5, 5.41) is 5.18. The lowest BCUT2D eigenvalue weighted by molar-refractivity contribution is -0.118. The Morgan fingerprint density at radius 2 is 2.09 bits per heavy atom. The third-order valence-corrected chi connectivity index (χ3v) is 4.83. The van der Waals surface area contributed by atoms with Crippen molar-refractivity contribution in [3.63, 3.8) is 0 Å². The molecule has 0 saturated carbocycles. The molecule has 23 heavy (non-hydrogen) atoms. The number of amides is 1. The molecule has 0 radical (unpaired) electrons. The smallest absolute Gasteiger partial charge is 0.230 e. The lowest BCUT2D eigenvalue weighted by Crippen LogP contribution is -2.31. The summed E-state index contributed by atoms with van der Waals surface area (Å²) < 4.78 is 2.99. The van der Waals surface area contributed by atoms with Gasteiger partial charge in [-0.3, -0.25) is 14.4 Å². The first-order valence-corrected chi connectivity index (χ1v) is 8.57. The average molecular weight is 328 g/mol. The molecule has 5 nitrogen and oxygen atoms in total. The number of aryl methyl sites for hydroxylation is 3. The van der Waals surface area contributed by atoms with Crippen molar-refractivity contribution < 1.29 is 4.79 Å². The lowest BCUT2D eigenvalue weighted by Gasteiger charge is -2.17. The topological polar surface area (TPSA) is 51.0 Å². The van der Waals surface area contributed by atoms with Gasteiger partial charge in [-0.2, -0.15) is 5.10 Å². The van der Waals surface area contributed by atoms with E-state index in [4.69, 9.17) is 0 Å². The first kappa shape index (κ1) is 15.7. The zero-order valence-electron chi connectivity index (χ0n) is 13.6. The highest BCUT2D eigenvalue weighted by atomic mass is 32.1. The number of rotatable bonds is 5. The maximum atomic E-state index is 12.6. The monoisotopic (exact) mass is 328 g/mol. The number of hydrogen-bond donors (Lipinski definition) is 0. The van der Waals surface area contributed by atoms with Gasteiger partial charge in [0.2, 0.25) is 5.91 Å². The first-order chi connectivity index (χ1) is 11.1. The molecule has 120 valence electrons. The Bertz CT molecular complexity index is 803. The van der Waals surface area contributed by atoms with E-state index in [1.807, 2.05) is 55.8 Å². The quantitative estimate of drug-likeness (QED) is 0.719. The van der Waals surface area contributed by atoms with Gasteiger partial charge in [-0.15, -0.1) is 0 Å². The fourth-order valence-electron chi connectivity index (χ4n) is 2.63. The zero-order valence-corrected chi connectivity index (χ0v) is 14.4. The third kappa shape index (κ3) is 3.27. The van der Waals surface area contributed by atoms with Gasteiger partial charge in [0.15, 0.2) is 5.13 Å². The van der Waals surface area contributed by atoms with Crippen LogP contribution >= 0.6 is 11.3 Å². The Labute approximate surface area is 139 Å². The Hall–Kier alpha value is -2.21. The van der Waals surface area contributed by atoms with Crippen LogP contribution in [0.25, 0.3) is 10.2 Å². The fraction of sp³-hybridized carbons (Fsp3) is 0.353. The minimum absolute atomic E-state index is 0.0825. The minimum Gasteiger partial charge on any atom is -0.288 e. The van der Waals surface area contributed by atoms with E-state index in [-0.39, 0.29) is 5.91 Å². The van der Waals surface area contributed by atoms with Crippen LogP contribution in [0.15, 0.2) is 30.3 Å². The molecule has 0 N–H and O–H groups in total. The summed E-state index contributed by atoms with van der Waals surface area (Å²) in [4.78, 5) is 18.9. The number of aromatic nitrogens is 3. The van der Waals surface area contributed by atoms with Crippen molar-refractivity contribution in [3.8, 4) is 0 Å². The van der Waals surface area contributed by atoms with Crippen molar-refractivity contribution in [2.45, 2.75) is 33.7 Å². The number of benzene rings is 1. The van der Waals surface area contributed by atoms with Gasteiger partial charge in [-0.05, 0) is 39.0 Å². The maximum Gasteiger partial charge on any atom is 0.230 e. The molecule has 1 amide bonds. The van der Waals surface area contributed by atoms with Gasteiger partial charge in [0.25, 0.3) is 0 Å². The van der Waals surface area contributed by atoms with E-state index in [0.29, 0.717) is 19.5 Å². The van der Waals surface area contributed by atoms with Gasteiger partial charge < -0.3 is 0 Å².